The summed E-state index contributed by atoms with van der Waals surface area (Å²) in [4.78, 5) is 26.1. The number of carbonyl (C=O) groups excluding carboxylic acids is 2. The van der Waals surface area contributed by atoms with Crippen LogP contribution in [0.2, 0.25) is 0 Å². The molecule has 0 spiro atoms. The fraction of sp³-hybridized carbons (Fsp3) is 0.556. The molecule has 3 rings (SSSR count). The van der Waals surface area contributed by atoms with Crippen LogP contribution in [0.3, 0.4) is 0 Å². The van der Waals surface area contributed by atoms with Crippen LogP contribution in [0.25, 0.3) is 6.08 Å². The van der Waals surface area contributed by atoms with Gasteiger partial charge in [-0.05, 0) is 44.1 Å². The van der Waals surface area contributed by atoms with E-state index in [1.54, 1.807) is 18.2 Å². The number of hydrogen-bond donors (Lipinski definition) is 2. The number of rotatable bonds is 7. The Hall–Kier alpha value is -2.13. The predicted octanol–water partition coefficient (Wildman–Crippen LogP) is 0.177. The Balaban J connectivity index is 1.43. The molecule has 148 valence electrons. The third-order valence-corrected chi connectivity index (χ3v) is 6.59. The average Bonchev–Trinajstić information content (AvgIpc) is 3.33. The fourth-order valence-electron chi connectivity index (χ4n) is 3.58. The molecule has 2 aliphatic heterocycles. The average molecular weight is 395 g/mol. The van der Waals surface area contributed by atoms with E-state index in [4.69, 9.17) is 4.42 Å². The number of carbonyl (C=O) groups is 2. The lowest BCUT2D eigenvalue weighted by molar-refractivity contribution is -0.122. The molecule has 8 nitrogen and oxygen atoms in total. The van der Waals surface area contributed by atoms with Gasteiger partial charge in [0.2, 0.25) is 11.8 Å². The maximum atomic E-state index is 12.2. The van der Waals surface area contributed by atoms with E-state index in [1.165, 1.54) is 12.3 Å². The van der Waals surface area contributed by atoms with Crippen LogP contribution in [0.4, 0.5) is 0 Å². The minimum absolute atomic E-state index is 0.0157. The summed E-state index contributed by atoms with van der Waals surface area (Å²) >= 11 is 0. The molecule has 0 aliphatic carbocycles. The van der Waals surface area contributed by atoms with Crippen LogP contribution in [0, 0.1) is 0 Å². The van der Waals surface area contributed by atoms with Crippen molar-refractivity contribution in [1.29, 1.82) is 0 Å². The highest BCUT2D eigenvalue weighted by Crippen LogP contribution is 2.22. The second-order valence-corrected chi connectivity index (χ2v) is 9.10. The molecule has 1 aromatic heterocycles. The van der Waals surface area contributed by atoms with Crippen molar-refractivity contribution in [2.24, 2.45) is 0 Å². The molecule has 3 heterocycles. The first-order valence-corrected chi connectivity index (χ1v) is 11.0. The van der Waals surface area contributed by atoms with E-state index >= 15 is 0 Å². The molecule has 2 unspecified atom stereocenters. The van der Waals surface area contributed by atoms with Crippen molar-refractivity contribution in [3.63, 3.8) is 0 Å². The fourth-order valence-corrected chi connectivity index (χ4v) is 5.53. The Labute approximate surface area is 158 Å². The standard InChI is InChI=1S/C18H25N3O5S/c22-17(6-5-14-4-3-11-26-14)19-8-7-18(23)20-15-12-27(24,25)13-16(15)21-9-1-2-10-21/h3-6,11,15-16H,1-2,7-10,12-13H2,(H,19,22)(H,20,23)/b6-5+. The third kappa shape index (κ3) is 5.67. The minimum Gasteiger partial charge on any atom is -0.465 e. The summed E-state index contributed by atoms with van der Waals surface area (Å²) in [5.74, 6) is 0.0808. The van der Waals surface area contributed by atoms with Crippen LogP contribution in [-0.4, -0.2) is 68.4 Å². The molecule has 27 heavy (non-hydrogen) atoms. The number of amides is 2. The second-order valence-electron chi connectivity index (χ2n) is 6.95. The van der Waals surface area contributed by atoms with Crippen molar-refractivity contribution < 1.29 is 22.4 Å². The molecule has 2 N–H and O–H groups in total. The summed E-state index contributed by atoms with van der Waals surface area (Å²) in [6.07, 6.45) is 6.62. The maximum absolute atomic E-state index is 12.2. The molecular formula is C18H25N3O5S. The molecule has 2 atom stereocenters. The van der Waals surface area contributed by atoms with Crippen LogP contribution in [-0.2, 0) is 19.4 Å². The number of sulfone groups is 1. The molecule has 0 saturated carbocycles. The van der Waals surface area contributed by atoms with E-state index < -0.39 is 9.84 Å². The van der Waals surface area contributed by atoms with Crippen molar-refractivity contribution >= 4 is 27.7 Å². The molecule has 9 heteroatoms. The normalized spacial score (nSPS) is 25.0. The second kappa shape index (κ2) is 8.71. The Morgan fingerprint density at radius 1 is 1.26 bits per heavy atom. The van der Waals surface area contributed by atoms with Crippen LogP contribution in [0.5, 0.6) is 0 Å². The quantitative estimate of drug-likeness (QED) is 0.638. The lowest BCUT2D eigenvalue weighted by Crippen LogP contribution is -2.50. The van der Waals surface area contributed by atoms with Gasteiger partial charge in [0, 0.05) is 25.1 Å². The smallest absolute Gasteiger partial charge is 0.244 e. The first-order chi connectivity index (χ1) is 12.9. The first kappa shape index (κ1) is 19.6. The van der Waals surface area contributed by atoms with Gasteiger partial charge in [0.25, 0.3) is 0 Å². The van der Waals surface area contributed by atoms with Crippen molar-refractivity contribution in [3.8, 4) is 0 Å². The SMILES string of the molecule is O=C(/C=C/c1ccco1)NCCC(=O)NC1CS(=O)(=O)CC1N1CCCC1. The topological polar surface area (TPSA) is 109 Å². The maximum Gasteiger partial charge on any atom is 0.244 e. The van der Waals surface area contributed by atoms with E-state index in [0.717, 1.165) is 25.9 Å². The lowest BCUT2D eigenvalue weighted by Gasteiger charge is -2.28. The molecule has 2 amide bonds. The highest BCUT2D eigenvalue weighted by atomic mass is 32.2. The van der Waals surface area contributed by atoms with Gasteiger partial charge in [0.05, 0.1) is 23.8 Å². The largest absolute Gasteiger partial charge is 0.465 e. The number of hydrogen-bond acceptors (Lipinski definition) is 6. The molecule has 1 aromatic rings. The zero-order valence-electron chi connectivity index (χ0n) is 15.1. The number of likely N-dealkylation sites (tertiary alicyclic amines) is 1. The minimum atomic E-state index is -3.13. The molecule has 2 fully saturated rings. The lowest BCUT2D eigenvalue weighted by atomic mass is 10.1. The van der Waals surface area contributed by atoms with Gasteiger partial charge in [-0.2, -0.15) is 0 Å². The van der Waals surface area contributed by atoms with Gasteiger partial charge in [0.15, 0.2) is 9.84 Å². The molecule has 0 aromatic carbocycles. The molecule has 0 radical (unpaired) electrons. The van der Waals surface area contributed by atoms with E-state index in [1.807, 2.05) is 0 Å². The zero-order chi connectivity index (χ0) is 19.3. The van der Waals surface area contributed by atoms with Crippen LogP contribution in [0.15, 0.2) is 28.9 Å². The Kier molecular flexibility index (Phi) is 6.33. The Morgan fingerprint density at radius 2 is 2.04 bits per heavy atom. The molecule has 2 aliphatic rings. The van der Waals surface area contributed by atoms with Crippen LogP contribution >= 0.6 is 0 Å². The Morgan fingerprint density at radius 3 is 2.74 bits per heavy atom. The third-order valence-electron chi connectivity index (χ3n) is 4.87. The van der Waals surface area contributed by atoms with Gasteiger partial charge in [0.1, 0.15) is 5.76 Å². The van der Waals surface area contributed by atoms with Gasteiger partial charge in [-0.1, -0.05) is 0 Å². The molecule has 2 saturated heterocycles. The van der Waals surface area contributed by atoms with Crippen molar-refractivity contribution in [2.45, 2.75) is 31.3 Å². The molecular weight excluding hydrogens is 370 g/mol. The van der Waals surface area contributed by atoms with Crippen LogP contribution in [0.1, 0.15) is 25.0 Å². The van der Waals surface area contributed by atoms with Crippen molar-refractivity contribution in [3.05, 3.63) is 30.2 Å². The zero-order valence-corrected chi connectivity index (χ0v) is 15.9. The monoisotopic (exact) mass is 395 g/mol. The van der Waals surface area contributed by atoms with E-state index in [9.17, 15) is 18.0 Å². The summed E-state index contributed by atoms with van der Waals surface area (Å²) < 4.78 is 29.1. The van der Waals surface area contributed by atoms with Gasteiger partial charge in [-0.15, -0.1) is 0 Å². The highest BCUT2D eigenvalue weighted by molar-refractivity contribution is 7.91. The first-order valence-electron chi connectivity index (χ1n) is 9.16. The van der Waals surface area contributed by atoms with Crippen molar-refractivity contribution in [1.82, 2.24) is 15.5 Å². The van der Waals surface area contributed by atoms with Crippen LogP contribution < -0.4 is 10.6 Å². The van der Waals surface area contributed by atoms with Gasteiger partial charge < -0.3 is 15.1 Å². The van der Waals surface area contributed by atoms with E-state index in [-0.39, 0.29) is 48.4 Å². The predicted molar refractivity (Wildman–Crippen MR) is 101 cm³/mol. The summed E-state index contributed by atoms with van der Waals surface area (Å²) in [7, 11) is -3.13. The molecule has 0 bridgehead atoms. The Bertz CT molecular complexity index is 782. The number of nitrogens with zero attached hydrogens (tertiary/aromatic N) is 1. The summed E-state index contributed by atoms with van der Waals surface area (Å²) in [6, 6.07) is 2.92. The summed E-state index contributed by atoms with van der Waals surface area (Å²) in [6.45, 7) is 1.94. The highest BCUT2D eigenvalue weighted by Gasteiger charge is 2.42. The van der Waals surface area contributed by atoms with E-state index in [2.05, 4.69) is 15.5 Å². The number of nitrogens with one attached hydrogen (secondary N) is 2. The van der Waals surface area contributed by atoms with Gasteiger partial charge in [-0.25, -0.2) is 8.42 Å². The summed E-state index contributed by atoms with van der Waals surface area (Å²) in [5.41, 5.74) is 0. The van der Waals surface area contributed by atoms with Gasteiger partial charge in [-0.3, -0.25) is 14.5 Å². The van der Waals surface area contributed by atoms with Gasteiger partial charge >= 0.3 is 0 Å². The summed E-state index contributed by atoms with van der Waals surface area (Å²) in [5, 5.41) is 5.47. The van der Waals surface area contributed by atoms with E-state index in [0.29, 0.717) is 5.76 Å². The van der Waals surface area contributed by atoms with Crippen molar-refractivity contribution in [2.75, 3.05) is 31.1 Å². The number of furan rings is 1.